The van der Waals surface area contributed by atoms with Gasteiger partial charge in [-0.25, -0.2) is 4.99 Å². The van der Waals surface area contributed by atoms with E-state index in [0.29, 0.717) is 28.4 Å². The highest BCUT2D eigenvalue weighted by atomic mass is 35.5. The van der Waals surface area contributed by atoms with Crippen LogP contribution >= 0.6 is 11.6 Å². The first-order valence-corrected chi connectivity index (χ1v) is 9.30. The molecule has 1 aromatic heterocycles. The molecule has 0 spiro atoms. The molecule has 0 saturated carbocycles. The molecule has 1 fully saturated rings. The number of ether oxygens (including phenoxy) is 1. The second-order valence-corrected chi connectivity index (χ2v) is 6.88. The van der Waals surface area contributed by atoms with Crippen LogP contribution in [0.1, 0.15) is 23.2 Å². The molecule has 1 atom stereocenters. The van der Waals surface area contributed by atoms with Crippen LogP contribution < -0.4 is 10.9 Å². The molecule has 4 rings (SSSR count). The summed E-state index contributed by atoms with van der Waals surface area (Å²) in [5.41, 5.74) is 1.96. The lowest BCUT2D eigenvalue weighted by Gasteiger charge is -2.11. The Hall–Kier alpha value is -2.63. The molecule has 0 bridgehead atoms. The van der Waals surface area contributed by atoms with E-state index in [-0.39, 0.29) is 17.6 Å². The van der Waals surface area contributed by atoms with Crippen molar-refractivity contribution in [1.82, 2.24) is 5.32 Å². The average molecular weight is 383 g/mol. The topological polar surface area (TPSA) is 63.8 Å². The van der Waals surface area contributed by atoms with Crippen LogP contribution in [0.3, 0.4) is 0 Å². The van der Waals surface area contributed by atoms with Gasteiger partial charge in [0.2, 0.25) is 5.55 Å². The van der Waals surface area contributed by atoms with Gasteiger partial charge in [0.25, 0.3) is 5.91 Å². The largest absolute Gasteiger partial charge is 0.438 e. The van der Waals surface area contributed by atoms with Gasteiger partial charge in [-0.2, -0.15) is 0 Å². The predicted molar refractivity (Wildman–Crippen MR) is 104 cm³/mol. The minimum absolute atomic E-state index is 0.0651. The SMILES string of the molecule is O=C(NC[C@H]1CCCO1)c1cc2cc(Cl)ccc2oc1=Nc1ccccc1. The number of para-hydroxylation sites is 1. The molecular formula is C21H19ClN2O3. The van der Waals surface area contributed by atoms with E-state index in [9.17, 15) is 4.79 Å². The zero-order valence-electron chi connectivity index (χ0n) is 14.7. The fraction of sp³-hybridized carbons (Fsp3) is 0.238. The Labute approximate surface area is 161 Å². The van der Waals surface area contributed by atoms with Gasteiger partial charge in [0.05, 0.1) is 11.8 Å². The van der Waals surface area contributed by atoms with Crippen molar-refractivity contribution in [3.63, 3.8) is 0 Å². The number of carbonyl (C=O) groups excluding carboxylic acids is 1. The molecule has 2 aromatic carbocycles. The molecule has 1 aliphatic rings. The van der Waals surface area contributed by atoms with Gasteiger partial charge in [0.15, 0.2) is 0 Å². The number of benzene rings is 2. The summed E-state index contributed by atoms with van der Waals surface area (Å²) in [6.45, 7) is 1.22. The molecule has 138 valence electrons. The lowest BCUT2D eigenvalue weighted by molar-refractivity contribution is 0.0854. The molecule has 1 aliphatic heterocycles. The third-order valence-electron chi connectivity index (χ3n) is 4.45. The van der Waals surface area contributed by atoms with Crippen LogP contribution in [0.2, 0.25) is 5.02 Å². The third kappa shape index (κ3) is 4.21. The molecule has 1 N–H and O–H groups in total. The highest BCUT2D eigenvalue weighted by molar-refractivity contribution is 6.31. The summed E-state index contributed by atoms with van der Waals surface area (Å²) in [4.78, 5) is 17.3. The van der Waals surface area contributed by atoms with Gasteiger partial charge in [-0.1, -0.05) is 29.8 Å². The molecule has 0 unspecified atom stereocenters. The van der Waals surface area contributed by atoms with Crippen LogP contribution in [0, 0.1) is 0 Å². The van der Waals surface area contributed by atoms with Gasteiger partial charge in [-0.15, -0.1) is 0 Å². The molecule has 3 aromatic rings. The zero-order valence-corrected chi connectivity index (χ0v) is 15.4. The maximum Gasteiger partial charge on any atom is 0.256 e. The van der Waals surface area contributed by atoms with Gasteiger partial charge in [0, 0.05) is 23.6 Å². The Kier molecular flexibility index (Phi) is 5.23. The summed E-state index contributed by atoms with van der Waals surface area (Å²) in [6.07, 6.45) is 2.05. The Bertz CT molecular complexity index is 1020. The van der Waals surface area contributed by atoms with Crippen molar-refractivity contribution >= 4 is 34.2 Å². The normalized spacial score (nSPS) is 17.4. The van der Waals surface area contributed by atoms with E-state index in [4.69, 9.17) is 20.8 Å². The quantitative estimate of drug-likeness (QED) is 0.734. The fourth-order valence-corrected chi connectivity index (χ4v) is 3.25. The molecule has 0 aliphatic carbocycles. The number of carbonyl (C=O) groups is 1. The fourth-order valence-electron chi connectivity index (χ4n) is 3.07. The van der Waals surface area contributed by atoms with Crippen LogP contribution in [0.15, 0.2) is 64.0 Å². The Morgan fingerprint density at radius 3 is 2.81 bits per heavy atom. The van der Waals surface area contributed by atoms with Crippen molar-refractivity contribution < 1.29 is 13.9 Å². The summed E-state index contributed by atoms with van der Waals surface area (Å²) in [7, 11) is 0. The van der Waals surface area contributed by atoms with E-state index in [1.807, 2.05) is 30.3 Å². The summed E-state index contributed by atoms with van der Waals surface area (Å²) in [5.74, 6) is -0.245. The summed E-state index contributed by atoms with van der Waals surface area (Å²) in [6, 6.07) is 16.4. The molecule has 1 saturated heterocycles. The Morgan fingerprint density at radius 2 is 2.04 bits per heavy atom. The molecule has 2 heterocycles. The molecule has 27 heavy (non-hydrogen) atoms. The van der Waals surface area contributed by atoms with Crippen LogP contribution in [0.5, 0.6) is 0 Å². The number of amides is 1. The minimum Gasteiger partial charge on any atom is -0.438 e. The van der Waals surface area contributed by atoms with Gasteiger partial charge in [-0.3, -0.25) is 4.79 Å². The number of rotatable bonds is 4. The number of hydrogen-bond acceptors (Lipinski definition) is 4. The lowest BCUT2D eigenvalue weighted by atomic mass is 10.1. The maximum atomic E-state index is 12.8. The van der Waals surface area contributed by atoms with Crippen molar-refractivity contribution in [3.05, 3.63) is 70.7 Å². The smallest absolute Gasteiger partial charge is 0.256 e. The van der Waals surface area contributed by atoms with Crippen molar-refractivity contribution in [2.24, 2.45) is 4.99 Å². The lowest BCUT2D eigenvalue weighted by Crippen LogP contribution is -2.34. The van der Waals surface area contributed by atoms with Crippen LogP contribution in [-0.2, 0) is 4.74 Å². The van der Waals surface area contributed by atoms with Gasteiger partial charge in [0.1, 0.15) is 11.1 Å². The summed E-state index contributed by atoms with van der Waals surface area (Å²) >= 11 is 6.09. The Morgan fingerprint density at radius 1 is 1.19 bits per heavy atom. The molecular weight excluding hydrogens is 364 g/mol. The maximum absolute atomic E-state index is 12.8. The van der Waals surface area contributed by atoms with Crippen molar-refractivity contribution in [2.45, 2.75) is 18.9 Å². The van der Waals surface area contributed by atoms with Gasteiger partial charge < -0.3 is 14.5 Å². The number of fused-ring (bicyclic) bond motifs is 1. The molecule has 5 nitrogen and oxygen atoms in total. The average Bonchev–Trinajstić information content (AvgIpc) is 3.20. The first kappa shape index (κ1) is 17.8. The second kappa shape index (κ2) is 7.94. The van der Waals surface area contributed by atoms with Crippen molar-refractivity contribution in [2.75, 3.05) is 13.2 Å². The third-order valence-corrected chi connectivity index (χ3v) is 4.69. The number of halogens is 1. The van der Waals surface area contributed by atoms with Crippen molar-refractivity contribution in [3.8, 4) is 0 Å². The highest BCUT2D eigenvalue weighted by Gasteiger charge is 2.18. The number of hydrogen-bond donors (Lipinski definition) is 1. The first-order valence-electron chi connectivity index (χ1n) is 8.92. The first-order chi connectivity index (χ1) is 13.2. The Balaban J connectivity index is 1.74. The summed E-state index contributed by atoms with van der Waals surface area (Å²) in [5, 5.41) is 4.26. The van der Waals surface area contributed by atoms with Crippen LogP contribution in [-0.4, -0.2) is 25.2 Å². The predicted octanol–water partition coefficient (Wildman–Crippen LogP) is 4.23. The van der Waals surface area contributed by atoms with E-state index >= 15 is 0 Å². The van der Waals surface area contributed by atoms with Gasteiger partial charge in [-0.05, 0) is 49.2 Å². The molecule has 6 heteroatoms. The van der Waals surface area contributed by atoms with Crippen LogP contribution in [0.4, 0.5) is 5.69 Å². The highest BCUT2D eigenvalue weighted by Crippen LogP contribution is 2.20. The van der Waals surface area contributed by atoms with E-state index < -0.39 is 0 Å². The molecule has 0 radical (unpaired) electrons. The summed E-state index contributed by atoms with van der Waals surface area (Å²) < 4.78 is 11.5. The number of nitrogens with zero attached hydrogens (tertiary/aromatic N) is 1. The minimum atomic E-state index is -0.245. The molecule has 1 amide bonds. The van der Waals surface area contributed by atoms with E-state index in [1.165, 1.54) is 0 Å². The van der Waals surface area contributed by atoms with Gasteiger partial charge >= 0.3 is 0 Å². The van der Waals surface area contributed by atoms with E-state index in [1.54, 1.807) is 24.3 Å². The zero-order chi connectivity index (χ0) is 18.6. The second-order valence-electron chi connectivity index (χ2n) is 6.44. The van der Waals surface area contributed by atoms with E-state index in [0.717, 1.165) is 24.8 Å². The van der Waals surface area contributed by atoms with Crippen molar-refractivity contribution in [1.29, 1.82) is 0 Å². The van der Waals surface area contributed by atoms with E-state index in [2.05, 4.69) is 10.3 Å². The van der Waals surface area contributed by atoms with Crippen LogP contribution in [0.25, 0.3) is 11.0 Å². The standard InChI is InChI=1S/C21H19ClN2O3/c22-15-8-9-19-14(11-15)12-18(20(25)23-13-17-7-4-10-26-17)21(27-19)24-16-5-2-1-3-6-16/h1-3,5-6,8-9,11-12,17H,4,7,10,13H2,(H,23,25)/t17-/m1/s1. The monoisotopic (exact) mass is 382 g/mol. The number of nitrogens with one attached hydrogen (secondary N) is 1.